The van der Waals surface area contributed by atoms with Crippen LogP contribution in [0.3, 0.4) is 0 Å². The van der Waals surface area contributed by atoms with Crippen molar-refractivity contribution in [2.45, 2.75) is 6.92 Å². The maximum atomic E-state index is 12.4. The van der Waals surface area contributed by atoms with Crippen molar-refractivity contribution >= 4 is 22.5 Å². The zero-order chi connectivity index (χ0) is 16.9. The van der Waals surface area contributed by atoms with E-state index in [-0.39, 0.29) is 5.91 Å². The summed E-state index contributed by atoms with van der Waals surface area (Å²) in [4.78, 5) is 16.8. The second-order valence-electron chi connectivity index (χ2n) is 5.14. The number of benzene rings is 2. The van der Waals surface area contributed by atoms with E-state index in [1.165, 1.54) is 0 Å². The molecule has 0 aliphatic carbocycles. The highest BCUT2D eigenvalue weighted by Crippen LogP contribution is 2.30. The number of fused-ring (bicyclic) bond motifs is 1. The molecule has 0 unspecified atom stereocenters. The van der Waals surface area contributed by atoms with E-state index in [1.54, 1.807) is 31.4 Å². The maximum absolute atomic E-state index is 12.4. The van der Waals surface area contributed by atoms with E-state index in [4.69, 9.17) is 9.47 Å². The summed E-state index contributed by atoms with van der Waals surface area (Å²) in [7, 11) is 1.56. The third-order valence-corrected chi connectivity index (χ3v) is 3.55. The summed E-state index contributed by atoms with van der Waals surface area (Å²) in [5.74, 6) is 0.940. The summed E-state index contributed by atoms with van der Waals surface area (Å²) >= 11 is 0. The van der Waals surface area contributed by atoms with E-state index >= 15 is 0 Å². The normalized spacial score (nSPS) is 10.4. The van der Waals surface area contributed by atoms with E-state index in [0.29, 0.717) is 29.5 Å². The van der Waals surface area contributed by atoms with Gasteiger partial charge in [0.15, 0.2) is 11.5 Å². The molecule has 0 aliphatic heterocycles. The molecule has 3 aromatic rings. The lowest BCUT2D eigenvalue weighted by atomic mass is 10.2. The molecule has 1 aromatic heterocycles. The number of ether oxygens (including phenoxy) is 2. The molecule has 0 bridgehead atoms. The molecule has 0 saturated heterocycles. The van der Waals surface area contributed by atoms with E-state index < -0.39 is 0 Å². The van der Waals surface area contributed by atoms with Crippen molar-refractivity contribution in [2.24, 2.45) is 0 Å². The van der Waals surface area contributed by atoms with Crippen LogP contribution < -0.4 is 14.8 Å². The Hall–Kier alpha value is -3.08. The summed E-state index contributed by atoms with van der Waals surface area (Å²) in [6.07, 6.45) is 0. The van der Waals surface area contributed by atoms with Crippen LogP contribution in [0.15, 0.2) is 54.6 Å². The highest BCUT2D eigenvalue weighted by molar-refractivity contribution is 6.04. The number of hydrogen-bond acceptors (Lipinski definition) is 4. The molecule has 1 amide bonds. The van der Waals surface area contributed by atoms with Crippen LogP contribution in [0.5, 0.6) is 11.5 Å². The van der Waals surface area contributed by atoms with Gasteiger partial charge in [0.25, 0.3) is 5.91 Å². The zero-order valence-electron chi connectivity index (χ0n) is 13.6. The second kappa shape index (κ2) is 7.00. The number of methoxy groups -OCH3 is 1. The molecular weight excluding hydrogens is 304 g/mol. The summed E-state index contributed by atoms with van der Waals surface area (Å²) < 4.78 is 10.8. The Labute approximate surface area is 140 Å². The third kappa shape index (κ3) is 3.30. The van der Waals surface area contributed by atoms with Gasteiger partial charge in [-0.25, -0.2) is 4.98 Å². The lowest BCUT2D eigenvalue weighted by Crippen LogP contribution is -2.13. The van der Waals surface area contributed by atoms with E-state index in [9.17, 15) is 4.79 Å². The third-order valence-electron chi connectivity index (χ3n) is 3.55. The Morgan fingerprint density at radius 1 is 1.08 bits per heavy atom. The largest absolute Gasteiger partial charge is 0.493 e. The molecule has 24 heavy (non-hydrogen) atoms. The van der Waals surface area contributed by atoms with Crippen molar-refractivity contribution in [3.8, 4) is 11.5 Å². The van der Waals surface area contributed by atoms with Crippen molar-refractivity contribution in [3.05, 3.63) is 60.3 Å². The predicted molar refractivity (Wildman–Crippen MR) is 93.9 cm³/mol. The van der Waals surface area contributed by atoms with Gasteiger partial charge in [-0.2, -0.15) is 0 Å². The first-order chi connectivity index (χ1) is 11.7. The molecule has 5 nitrogen and oxygen atoms in total. The Kier molecular flexibility index (Phi) is 4.61. The van der Waals surface area contributed by atoms with Crippen LogP contribution in [0.1, 0.15) is 17.4 Å². The minimum Gasteiger partial charge on any atom is -0.493 e. The fraction of sp³-hybridized carbons (Fsp3) is 0.158. The van der Waals surface area contributed by atoms with E-state index in [0.717, 1.165) is 10.9 Å². The van der Waals surface area contributed by atoms with Gasteiger partial charge in [-0.05, 0) is 31.2 Å². The number of amides is 1. The number of pyridine rings is 1. The van der Waals surface area contributed by atoms with Crippen LogP contribution in [0.25, 0.3) is 10.9 Å². The number of rotatable bonds is 5. The fourth-order valence-electron chi connectivity index (χ4n) is 2.41. The minimum absolute atomic E-state index is 0.271. The van der Waals surface area contributed by atoms with Gasteiger partial charge in [0.05, 0.1) is 19.2 Å². The predicted octanol–water partition coefficient (Wildman–Crippen LogP) is 3.89. The summed E-state index contributed by atoms with van der Waals surface area (Å²) in [6, 6.07) is 16.5. The van der Waals surface area contributed by atoms with Gasteiger partial charge in [0.1, 0.15) is 5.69 Å². The monoisotopic (exact) mass is 322 g/mol. The van der Waals surface area contributed by atoms with Gasteiger partial charge in [0.2, 0.25) is 0 Å². The molecular formula is C19H18N2O3. The SMILES string of the molecule is CCOc1ccc(NC(=O)c2ccc3ccccc3n2)cc1OC. The first-order valence-corrected chi connectivity index (χ1v) is 7.69. The Bertz CT molecular complexity index is 877. The van der Waals surface area contributed by atoms with Crippen LogP contribution in [0.2, 0.25) is 0 Å². The Morgan fingerprint density at radius 3 is 2.71 bits per heavy atom. The average molecular weight is 322 g/mol. The first-order valence-electron chi connectivity index (χ1n) is 7.69. The molecule has 122 valence electrons. The van der Waals surface area contributed by atoms with Crippen LogP contribution in [0, 0.1) is 0 Å². The van der Waals surface area contributed by atoms with E-state index in [2.05, 4.69) is 10.3 Å². The maximum Gasteiger partial charge on any atom is 0.274 e. The Balaban J connectivity index is 1.82. The number of nitrogens with one attached hydrogen (secondary N) is 1. The number of carbonyl (C=O) groups is 1. The van der Waals surface area contributed by atoms with Gasteiger partial charge in [0, 0.05) is 17.1 Å². The highest BCUT2D eigenvalue weighted by atomic mass is 16.5. The second-order valence-corrected chi connectivity index (χ2v) is 5.14. The van der Waals surface area contributed by atoms with Crippen molar-refractivity contribution in [3.63, 3.8) is 0 Å². The van der Waals surface area contributed by atoms with Crippen LogP contribution >= 0.6 is 0 Å². The number of aromatic nitrogens is 1. The molecule has 0 radical (unpaired) electrons. The summed E-state index contributed by atoms with van der Waals surface area (Å²) in [5.41, 5.74) is 1.77. The number of para-hydroxylation sites is 1. The molecule has 0 atom stereocenters. The molecule has 0 aliphatic rings. The molecule has 1 heterocycles. The molecule has 3 rings (SSSR count). The van der Waals surface area contributed by atoms with Gasteiger partial charge >= 0.3 is 0 Å². The van der Waals surface area contributed by atoms with Crippen LogP contribution in [0.4, 0.5) is 5.69 Å². The van der Waals surface area contributed by atoms with Crippen molar-refractivity contribution < 1.29 is 14.3 Å². The van der Waals surface area contributed by atoms with Crippen molar-refractivity contribution in [2.75, 3.05) is 19.0 Å². The number of nitrogens with zero attached hydrogens (tertiary/aromatic N) is 1. The van der Waals surface area contributed by atoms with Gasteiger partial charge in [-0.15, -0.1) is 0 Å². The standard InChI is InChI=1S/C19H18N2O3/c1-3-24-17-11-9-14(12-18(17)23-2)20-19(22)16-10-8-13-6-4-5-7-15(13)21-16/h4-12H,3H2,1-2H3,(H,20,22). The fourth-order valence-corrected chi connectivity index (χ4v) is 2.41. The van der Waals surface area contributed by atoms with Gasteiger partial charge in [-0.1, -0.05) is 24.3 Å². The lowest BCUT2D eigenvalue weighted by molar-refractivity contribution is 0.102. The lowest BCUT2D eigenvalue weighted by Gasteiger charge is -2.11. The topological polar surface area (TPSA) is 60.5 Å². The quantitative estimate of drug-likeness (QED) is 0.774. The average Bonchev–Trinajstić information content (AvgIpc) is 2.62. The first kappa shape index (κ1) is 15.8. The summed E-state index contributed by atoms with van der Waals surface area (Å²) in [6.45, 7) is 2.45. The van der Waals surface area contributed by atoms with Crippen molar-refractivity contribution in [1.29, 1.82) is 0 Å². The molecule has 2 aromatic carbocycles. The highest BCUT2D eigenvalue weighted by Gasteiger charge is 2.11. The molecule has 0 saturated carbocycles. The molecule has 0 fully saturated rings. The number of carbonyl (C=O) groups excluding carboxylic acids is 1. The summed E-state index contributed by atoms with van der Waals surface area (Å²) in [5, 5.41) is 3.83. The van der Waals surface area contributed by atoms with Gasteiger partial charge in [-0.3, -0.25) is 4.79 Å². The van der Waals surface area contributed by atoms with Crippen LogP contribution in [-0.2, 0) is 0 Å². The Morgan fingerprint density at radius 2 is 1.92 bits per heavy atom. The number of anilines is 1. The van der Waals surface area contributed by atoms with Gasteiger partial charge < -0.3 is 14.8 Å². The molecule has 0 spiro atoms. The van der Waals surface area contributed by atoms with E-state index in [1.807, 2.05) is 37.3 Å². The minimum atomic E-state index is -0.271. The number of hydrogen-bond donors (Lipinski definition) is 1. The smallest absolute Gasteiger partial charge is 0.274 e. The van der Waals surface area contributed by atoms with Crippen molar-refractivity contribution in [1.82, 2.24) is 4.98 Å². The molecule has 1 N–H and O–H groups in total. The van der Waals surface area contributed by atoms with Crippen LogP contribution in [-0.4, -0.2) is 24.6 Å². The molecule has 5 heteroatoms. The zero-order valence-corrected chi connectivity index (χ0v) is 13.6.